The van der Waals surface area contributed by atoms with Crippen LogP contribution in [0.3, 0.4) is 0 Å². The number of nitrogens with two attached hydrogens (primary N) is 1. The number of nitriles is 1. The lowest BCUT2D eigenvalue weighted by atomic mass is 9.82. The number of H-pyrrole nitrogens is 1. The molecule has 3 aromatic carbocycles. The van der Waals surface area contributed by atoms with Gasteiger partial charge >= 0.3 is 0 Å². The van der Waals surface area contributed by atoms with Gasteiger partial charge in [0, 0.05) is 5.56 Å². The Labute approximate surface area is 184 Å². The summed E-state index contributed by atoms with van der Waals surface area (Å²) in [5, 5.41) is 19.6. The average Bonchev–Trinajstić information content (AvgIpc) is 3.25. The zero-order valence-electron chi connectivity index (χ0n) is 17.5. The molecular weight excluding hydrogens is 404 g/mol. The molecule has 3 N–H and O–H groups in total. The van der Waals surface area contributed by atoms with Gasteiger partial charge in [-0.2, -0.15) is 5.26 Å². The van der Waals surface area contributed by atoms with E-state index in [0.29, 0.717) is 23.0 Å². The highest BCUT2D eigenvalue weighted by Crippen LogP contribution is 2.47. The van der Waals surface area contributed by atoms with Crippen molar-refractivity contribution in [2.75, 3.05) is 14.2 Å². The van der Waals surface area contributed by atoms with Crippen molar-refractivity contribution in [1.29, 1.82) is 5.26 Å². The largest absolute Gasteiger partial charge is 0.493 e. The van der Waals surface area contributed by atoms with Gasteiger partial charge in [0.15, 0.2) is 11.5 Å². The first kappa shape index (κ1) is 19.5. The summed E-state index contributed by atoms with van der Waals surface area (Å²) >= 11 is 0. The number of methoxy groups -OCH3 is 2. The average molecular weight is 424 g/mol. The second kappa shape index (κ2) is 7.67. The fourth-order valence-corrected chi connectivity index (χ4v) is 4.18. The van der Waals surface area contributed by atoms with E-state index in [1.165, 1.54) is 0 Å². The third-order valence-corrected chi connectivity index (χ3v) is 5.72. The lowest BCUT2D eigenvalue weighted by Crippen LogP contribution is -2.21. The first-order chi connectivity index (χ1) is 15.6. The molecule has 0 bridgehead atoms. The van der Waals surface area contributed by atoms with Gasteiger partial charge in [-0.05, 0) is 34.5 Å². The minimum atomic E-state index is -0.483. The molecule has 0 saturated carbocycles. The van der Waals surface area contributed by atoms with Crippen LogP contribution >= 0.6 is 0 Å². The number of aromatic nitrogens is 2. The lowest BCUT2D eigenvalue weighted by Gasteiger charge is -2.24. The van der Waals surface area contributed by atoms with Crippen molar-refractivity contribution in [2.24, 2.45) is 5.73 Å². The van der Waals surface area contributed by atoms with Gasteiger partial charge < -0.3 is 19.9 Å². The third-order valence-electron chi connectivity index (χ3n) is 5.72. The first-order valence-electron chi connectivity index (χ1n) is 10.0. The smallest absolute Gasteiger partial charge is 0.244 e. The first-order valence-corrected chi connectivity index (χ1v) is 10.0. The van der Waals surface area contributed by atoms with E-state index in [4.69, 9.17) is 19.9 Å². The van der Waals surface area contributed by atoms with Gasteiger partial charge in [-0.25, -0.2) is 0 Å². The highest BCUT2D eigenvalue weighted by atomic mass is 16.5. The van der Waals surface area contributed by atoms with E-state index in [1.807, 2.05) is 36.4 Å². The van der Waals surface area contributed by atoms with Crippen molar-refractivity contribution in [1.82, 2.24) is 10.2 Å². The highest BCUT2D eigenvalue weighted by molar-refractivity contribution is 5.87. The molecule has 1 aliphatic heterocycles. The summed E-state index contributed by atoms with van der Waals surface area (Å²) in [4.78, 5) is 0. The Balaban J connectivity index is 1.72. The third kappa shape index (κ3) is 3.01. The summed E-state index contributed by atoms with van der Waals surface area (Å²) in [6.45, 7) is 0. The van der Waals surface area contributed by atoms with Gasteiger partial charge in [-0.1, -0.05) is 42.5 Å². The van der Waals surface area contributed by atoms with Gasteiger partial charge in [0.2, 0.25) is 11.8 Å². The van der Waals surface area contributed by atoms with Crippen LogP contribution in [0.2, 0.25) is 0 Å². The topological polar surface area (TPSA) is 106 Å². The fraction of sp³-hybridized carbons (Fsp3) is 0.120. The second-order valence-corrected chi connectivity index (χ2v) is 7.42. The summed E-state index contributed by atoms with van der Waals surface area (Å²) in [6, 6.07) is 22.1. The molecule has 32 heavy (non-hydrogen) atoms. The molecule has 1 aliphatic rings. The van der Waals surface area contributed by atoms with E-state index in [2.05, 4.69) is 40.5 Å². The minimum absolute atomic E-state index is 0.0383. The van der Waals surface area contributed by atoms with Gasteiger partial charge in [-0.3, -0.25) is 5.10 Å². The van der Waals surface area contributed by atoms with Crippen LogP contribution in [0.5, 0.6) is 17.4 Å². The van der Waals surface area contributed by atoms with Crippen LogP contribution in [0, 0.1) is 11.3 Å². The number of aromatic amines is 1. The summed E-state index contributed by atoms with van der Waals surface area (Å²) < 4.78 is 16.6. The van der Waals surface area contributed by atoms with Crippen LogP contribution in [0.1, 0.15) is 17.0 Å². The van der Waals surface area contributed by atoms with E-state index in [1.54, 1.807) is 14.2 Å². The number of nitrogens with one attached hydrogen (secondary N) is 1. The van der Waals surface area contributed by atoms with E-state index < -0.39 is 5.92 Å². The maximum absolute atomic E-state index is 9.93. The Bertz CT molecular complexity index is 1410. The Hall–Kier alpha value is -4.44. The van der Waals surface area contributed by atoms with Crippen LogP contribution in [-0.4, -0.2) is 24.4 Å². The fourth-order valence-electron chi connectivity index (χ4n) is 4.18. The molecular formula is C25H20N4O3. The zero-order valence-corrected chi connectivity index (χ0v) is 17.5. The van der Waals surface area contributed by atoms with Gasteiger partial charge in [0.1, 0.15) is 11.6 Å². The molecule has 5 rings (SSSR count). The molecule has 4 aromatic rings. The van der Waals surface area contributed by atoms with Gasteiger partial charge in [0.05, 0.1) is 31.4 Å². The Morgan fingerprint density at radius 2 is 1.78 bits per heavy atom. The van der Waals surface area contributed by atoms with E-state index in [-0.39, 0.29) is 5.88 Å². The summed E-state index contributed by atoms with van der Waals surface area (Å²) in [5.74, 6) is 1.06. The SMILES string of the molecule is COc1ccc(C2C(C#N)=C(N)Oc3n[nH]c(-c4ccc5ccccc5c4)c32)cc1OC. The molecule has 0 aliphatic carbocycles. The molecule has 1 unspecified atom stereocenters. The molecule has 7 nitrogen and oxygen atoms in total. The molecule has 0 spiro atoms. The maximum atomic E-state index is 9.93. The van der Waals surface area contributed by atoms with Crippen molar-refractivity contribution in [2.45, 2.75) is 5.92 Å². The Kier molecular flexibility index (Phi) is 4.68. The van der Waals surface area contributed by atoms with Gasteiger partial charge in [0.25, 0.3) is 0 Å². The predicted octanol–water partition coefficient (Wildman–Crippen LogP) is 4.47. The standard InChI is InChI=1S/C25H20N4O3/c1-30-19-10-9-16(12-20(19)31-2)21-18(13-26)24(27)32-25-22(21)23(28-29-25)17-8-7-14-5-3-4-6-15(14)11-17/h3-12,21H,27H2,1-2H3,(H,28,29). The van der Waals surface area contributed by atoms with Crippen LogP contribution in [0.4, 0.5) is 0 Å². The quantitative estimate of drug-likeness (QED) is 0.501. The molecule has 0 fully saturated rings. The molecule has 1 aromatic heterocycles. The molecule has 0 radical (unpaired) electrons. The zero-order chi connectivity index (χ0) is 22.2. The van der Waals surface area contributed by atoms with E-state index in [9.17, 15) is 5.26 Å². The molecule has 0 amide bonds. The lowest BCUT2D eigenvalue weighted by molar-refractivity contribution is 0.354. The number of fused-ring (bicyclic) bond motifs is 2. The Morgan fingerprint density at radius 1 is 1.00 bits per heavy atom. The van der Waals surface area contributed by atoms with Crippen LogP contribution < -0.4 is 19.9 Å². The van der Waals surface area contributed by atoms with Crippen LogP contribution in [-0.2, 0) is 0 Å². The molecule has 158 valence electrons. The molecule has 0 saturated heterocycles. The minimum Gasteiger partial charge on any atom is -0.493 e. The number of nitrogens with zero attached hydrogens (tertiary/aromatic N) is 2. The normalized spacial score (nSPS) is 15.1. The number of hydrogen-bond donors (Lipinski definition) is 2. The van der Waals surface area contributed by atoms with Crippen molar-refractivity contribution in [3.05, 3.63) is 83.2 Å². The molecule has 1 atom stereocenters. The summed E-state index contributed by atoms with van der Waals surface area (Å²) in [6.07, 6.45) is 0. The number of allylic oxidation sites excluding steroid dienone is 1. The van der Waals surface area contributed by atoms with Crippen molar-refractivity contribution < 1.29 is 14.2 Å². The molecule has 7 heteroatoms. The maximum Gasteiger partial charge on any atom is 0.244 e. The monoisotopic (exact) mass is 424 g/mol. The number of hydrogen-bond acceptors (Lipinski definition) is 6. The van der Waals surface area contributed by atoms with Crippen molar-refractivity contribution >= 4 is 10.8 Å². The predicted molar refractivity (Wildman–Crippen MR) is 120 cm³/mol. The number of benzene rings is 3. The summed E-state index contributed by atoms with van der Waals surface area (Å²) in [7, 11) is 3.15. The van der Waals surface area contributed by atoms with Crippen LogP contribution in [0.25, 0.3) is 22.0 Å². The van der Waals surface area contributed by atoms with E-state index in [0.717, 1.165) is 33.2 Å². The molecule has 2 heterocycles. The highest BCUT2D eigenvalue weighted by Gasteiger charge is 2.36. The Morgan fingerprint density at radius 3 is 2.53 bits per heavy atom. The van der Waals surface area contributed by atoms with Crippen LogP contribution in [0.15, 0.2) is 72.1 Å². The number of rotatable bonds is 4. The van der Waals surface area contributed by atoms with Crippen molar-refractivity contribution in [3.63, 3.8) is 0 Å². The number of ether oxygens (including phenoxy) is 3. The van der Waals surface area contributed by atoms with E-state index >= 15 is 0 Å². The van der Waals surface area contributed by atoms with Gasteiger partial charge in [-0.15, -0.1) is 5.10 Å². The second-order valence-electron chi connectivity index (χ2n) is 7.42. The van der Waals surface area contributed by atoms with Crippen molar-refractivity contribution in [3.8, 4) is 34.7 Å². The summed E-state index contributed by atoms with van der Waals surface area (Å²) in [5.41, 5.74) is 9.69.